The number of hydrogen-bond donors (Lipinski definition) is 2. The van der Waals surface area contributed by atoms with E-state index in [1.807, 2.05) is 0 Å². The predicted molar refractivity (Wildman–Crippen MR) is 60.5 cm³/mol. The molecule has 0 aromatic heterocycles. The van der Waals surface area contributed by atoms with E-state index < -0.39 is 0 Å². The molecule has 1 saturated carbocycles. The summed E-state index contributed by atoms with van der Waals surface area (Å²) in [6, 6.07) is 0. The molecule has 2 rings (SSSR count). The second-order valence-corrected chi connectivity index (χ2v) is 5.12. The molecule has 2 unspecified atom stereocenters. The first-order chi connectivity index (χ1) is 7.27. The van der Waals surface area contributed by atoms with Crippen molar-refractivity contribution < 1.29 is 4.79 Å². The van der Waals surface area contributed by atoms with Crippen LogP contribution in [0.15, 0.2) is 0 Å². The Morgan fingerprint density at radius 2 is 2.20 bits per heavy atom. The molecular weight excluding hydrogens is 188 g/mol. The maximum Gasteiger partial charge on any atom is 0.224 e. The summed E-state index contributed by atoms with van der Waals surface area (Å²) in [7, 11) is 0. The highest BCUT2D eigenvalue weighted by atomic mass is 16.1. The third-order valence-electron chi connectivity index (χ3n) is 3.64. The molecule has 86 valence electrons. The van der Waals surface area contributed by atoms with Crippen molar-refractivity contribution in [1.29, 1.82) is 0 Å². The fourth-order valence-electron chi connectivity index (χ4n) is 2.30. The van der Waals surface area contributed by atoms with Crippen LogP contribution in [0.5, 0.6) is 0 Å². The van der Waals surface area contributed by atoms with Gasteiger partial charge in [-0.05, 0) is 31.2 Å². The van der Waals surface area contributed by atoms with Crippen LogP contribution in [0.1, 0.15) is 32.6 Å². The Labute approximate surface area is 92.0 Å². The Kier molecular flexibility index (Phi) is 3.62. The average molecular weight is 210 g/mol. The van der Waals surface area contributed by atoms with Gasteiger partial charge in [-0.25, -0.2) is 0 Å². The quantitative estimate of drug-likeness (QED) is 0.668. The first-order valence-corrected chi connectivity index (χ1v) is 6.26. The highest BCUT2D eigenvalue weighted by Crippen LogP contribution is 2.33. The Hall–Kier alpha value is -0.570. The molecule has 2 N–H and O–H groups in total. The van der Waals surface area contributed by atoms with Crippen molar-refractivity contribution in [3.05, 3.63) is 0 Å². The molecule has 0 aromatic rings. The van der Waals surface area contributed by atoms with Gasteiger partial charge >= 0.3 is 0 Å². The van der Waals surface area contributed by atoms with E-state index in [-0.39, 0.29) is 11.8 Å². The Morgan fingerprint density at radius 1 is 1.40 bits per heavy atom. The third-order valence-corrected chi connectivity index (χ3v) is 3.64. The Bertz CT molecular complexity index is 226. The van der Waals surface area contributed by atoms with E-state index in [9.17, 15) is 4.79 Å². The van der Waals surface area contributed by atoms with Gasteiger partial charge in [-0.1, -0.05) is 19.8 Å². The minimum Gasteiger partial charge on any atom is -0.356 e. The summed E-state index contributed by atoms with van der Waals surface area (Å²) in [5.74, 6) is 1.93. The van der Waals surface area contributed by atoms with E-state index in [1.165, 1.54) is 19.3 Å². The van der Waals surface area contributed by atoms with Gasteiger partial charge < -0.3 is 10.6 Å². The molecule has 2 atom stereocenters. The number of nitrogens with one attached hydrogen (secondary N) is 2. The summed E-state index contributed by atoms with van der Waals surface area (Å²) >= 11 is 0. The summed E-state index contributed by atoms with van der Waals surface area (Å²) in [6.07, 6.45) is 5.29. The molecule has 0 bridgehead atoms. The Morgan fingerprint density at radius 3 is 2.80 bits per heavy atom. The van der Waals surface area contributed by atoms with Gasteiger partial charge in [0.25, 0.3) is 0 Å². The summed E-state index contributed by atoms with van der Waals surface area (Å²) in [5, 5.41) is 6.32. The molecule has 15 heavy (non-hydrogen) atoms. The fraction of sp³-hybridized carbons (Fsp3) is 0.917. The van der Waals surface area contributed by atoms with Crippen molar-refractivity contribution in [1.82, 2.24) is 10.6 Å². The lowest BCUT2D eigenvalue weighted by Crippen LogP contribution is -2.34. The second-order valence-electron chi connectivity index (χ2n) is 5.12. The van der Waals surface area contributed by atoms with Crippen LogP contribution >= 0.6 is 0 Å². The van der Waals surface area contributed by atoms with Gasteiger partial charge in [0.1, 0.15) is 0 Å². The molecule has 3 nitrogen and oxygen atoms in total. The lowest BCUT2D eigenvalue weighted by atomic mass is 9.97. The molecule has 1 aliphatic heterocycles. The molecule has 2 fully saturated rings. The highest BCUT2D eigenvalue weighted by Gasteiger charge is 2.29. The topological polar surface area (TPSA) is 41.1 Å². The van der Waals surface area contributed by atoms with Gasteiger partial charge in [0.05, 0.1) is 5.92 Å². The molecule has 1 aliphatic carbocycles. The number of carbonyl (C=O) groups is 1. The van der Waals surface area contributed by atoms with E-state index >= 15 is 0 Å². The molecule has 0 radical (unpaired) electrons. The molecular formula is C12H22N2O. The summed E-state index contributed by atoms with van der Waals surface area (Å²) < 4.78 is 0. The SMILES string of the molecule is CC1CNCC1C(=O)NCCCC1CC1. The normalized spacial score (nSPS) is 30.5. The summed E-state index contributed by atoms with van der Waals surface area (Å²) in [4.78, 5) is 11.8. The zero-order chi connectivity index (χ0) is 10.7. The van der Waals surface area contributed by atoms with Crippen LogP contribution in [-0.4, -0.2) is 25.5 Å². The van der Waals surface area contributed by atoms with Gasteiger partial charge in [0, 0.05) is 13.1 Å². The van der Waals surface area contributed by atoms with Crippen molar-refractivity contribution in [3.63, 3.8) is 0 Å². The average Bonchev–Trinajstić information content (AvgIpc) is 2.94. The first-order valence-electron chi connectivity index (χ1n) is 6.26. The number of hydrogen-bond acceptors (Lipinski definition) is 2. The van der Waals surface area contributed by atoms with Crippen LogP contribution in [-0.2, 0) is 4.79 Å². The molecule has 1 saturated heterocycles. The van der Waals surface area contributed by atoms with Crippen LogP contribution < -0.4 is 10.6 Å². The number of amides is 1. The van der Waals surface area contributed by atoms with Crippen molar-refractivity contribution in [2.75, 3.05) is 19.6 Å². The van der Waals surface area contributed by atoms with E-state index in [1.54, 1.807) is 0 Å². The highest BCUT2D eigenvalue weighted by molar-refractivity contribution is 5.79. The van der Waals surface area contributed by atoms with E-state index in [4.69, 9.17) is 0 Å². The summed E-state index contributed by atoms with van der Waals surface area (Å²) in [6.45, 7) is 4.86. The number of carbonyl (C=O) groups excluding carboxylic acids is 1. The van der Waals surface area contributed by atoms with Crippen molar-refractivity contribution >= 4 is 5.91 Å². The second kappa shape index (κ2) is 4.97. The molecule has 0 spiro atoms. The lowest BCUT2D eigenvalue weighted by molar-refractivity contribution is -0.125. The smallest absolute Gasteiger partial charge is 0.224 e. The van der Waals surface area contributed by atoms with E-state index in [0.717, 1.165) is 32.0 Å². The van der Waals surface area contributed by atoms with E-state index in [0.29, 0.717) is 5.92 Å². The van der Waals surface area contributed by atoms with Crippen LogP contribution in [0.4, 0.5) is 0 Å². The zero-order valence-electron chi connectivity index (χ0n) is 9.59. The molecule has 2 aliphatic rings. The minimum atomic E-state index is 0.200. The largest absolute Gasteiger partial charge is 0.356 e. The predicted octanol–water partition coefficient (Wildman–Crippen LogP) is 1.15. The van der Waals surface area contributed by atoms with E-state index in [2.05, 4.69) is 17.6 Å². The van der Waals surface area contributed by atoms with Crippen molar-refractivity contribution in [3.8, 4) is 0 Å². The third kappa shape index (κ3) is 3.20. The zero-order valence-corrected chi connectivity index (χ0v) is 9.59. The van der Waals surface area contributed by atoms with Crippen molar-refractivity contribution in [2.45, 2.75) is 32.6 Å². The van der Waals surface area contributed by atoms with Crippen LogP contribution in [0, 0.1) is 17.8 Å². The maximum atomic E-state index is 11.8. The van der Waals surface area contributed by atoms with Crippen LogP contribution in [0.3, 0.4) is 0 Å². The van der Waals surface area contributed by atoms with Gasteiger partial charge in [-0.15, -0.1) is 0 Å². The standard InChI is InChI=1S/C12H22N2O/c1-9-7-13-8-11(9)12(15)14-6-2-3-10-4-5-10/h9-11,13H,2-8H2,1H3,(H,14,15). The number of rotatable bonds is 5. The molecule has 1 amide bonds. The van der Waals surface area contributed by atoms with Crippen molar-refractivity contribution in [2.24, 2.45) is 17.8 Å². The van der Waals surface area contributed by atoms with Gasteiger partial charge in [0.2, 0.25) is 5.91 Å². The molecule has 3 heteroatoms. The lowest BCUT2D eigenvalue weighted by Gasteiger charge is -2.13. The Balaban J connectivity index is 1.58. The summed E-state index contributed by atoms with van der Waals surface area (Å²) in [5.41, 5.74) is 0. The maximum absolute atomic E-state index is 11.8. The minimum absolute atomic E-state index is 0.200. The van der Waals surface area contributed by atoms with Crippen LogP contribution in [0.25, 0.3) is 0 Å². The van der Waals surface area contributed by atoms with Crippen LogP contribution in [0.2, 0.25) is 0 Å². The van der Waals surface area contributed by atoms with Gasteiger partial charge in [-0.3, -0.25) is 4.79 Å². The molecule has 0 aromatic carbocycles. The van der Waals surface area contributed by atoms with Gasteiger partial charge in [0.15, 0.2) is 0 Å². The molecule has 1 heterocycles. The monoisotopic (exact) mass is 210 g/mol. The first kappa shape index (κ1) is 10.9. The fourth-order valence-corrected chi connectivity index (χ4v) is 2.30. The van der Waals surface area contributed by atoms with Gasteiger partial charge in [-0.2, -0.15) is 0 Å².